The zero-order chi connectivity index (χ0) is 18.5. The molecule has 0 aliphatic heterocycles. The van der Waals surface area contributed by atoms with Crippen LogP contribution in [0.5, 0.6) is 0 Å². The van der Waals surface area contributed by atoms with E-state index in [1.54, 1.807) is 0 Å². The van der Waals surface area contributed by atoms with Gasteiger partial charge in [-0.15, -0.1) is 12.8 Å². The summed E-state index contributed by atoms with van der Waals surface area (Å²) in [5, 5.41) is 9.77. The maximum atomic E-state index is 8.65. The molecule has 1 saturated carbocycles. The van der Waals surface area contributed by atoms with E-state index in [1.165, 1.54) is 25.7 Å². The van der Waals surface area contributed by atoms with Crippen molar-refractivity contribution in [2.45, 2.75) is 45.6 Å². The molecule has 0 atom stereocenters. The Labute approximate surface area is 147 Å². The van der Waals surface area contributed by atoms with Crippen LogP contribution >= 0.6 is 0 Å². The number of nitriles is 1. The molecule has 2 aromatic rings. The summed E-state index contributed by atoms with van der Waals surface area (Å²) in [5.41, 5.74) is 1.88. The minimum Gasteiger partial charge on any atom is -0.351 e. The van der Waals surface area contributed by atoms with Gasteiger partial charge >= 0.3 is 0 Å². The first-order valence-corrected chi connectivity index (χ1v) is 8.57. The fourth-order valence-corrected chi connectivity index (χ4v) is 2.77. The third-order valence-electron chi connectivity index (χ3n) is 4.07. The van der Waals surface area contributed by atoms with Gasteiger partial charge in [0.05, 0.1) is 11.6 Å². The van der Waals surface area contributed by atoms with Crippen LogP contribution < -0.4 is 0 Å². The van der Waals surface area contributed by atoms with E-state index < -0.39 is 0 Å². The summed E-state index contributed by atoms with van der Waals surface area (Å²) < 4.78 is 2.04. The van der Waals surface area contributed by atoms with Crippen molar-refractivity contribution in [1.82, 2.24) is 9.47 Å². The predicted octanol–water partition coefficient (Wildman–Crippen LogP) is 4.82. The lowest BCUT2D eigenvalue weighted by Crippen LogP contribution is -2.23. The molecule has 1 aliphatic rings. The summed E-state index contributed by atoms with van der Waals surface area (Å²) in [7, 11) is 6.35. The van der Waals surface area contributed by atoms with Gasteiger partial charge in [-0.25, -0.2) is 0 Å². The van der Waals surface area contributed by atoms with Crippen LogP contribution in [0.3, 0.4) is 0 Å². The molecule has 0 radical (unpaired) electrons. The highest BCUT2D eigenvalue weighted by Crippen LogP contribution is 2.20. The van der Waals surface area contributed by atoms with Crippen molar-refractivity contribution >= 4 is 10.9 Å². The van der Waals surface area contributed by atoms with E-state index in [2.05, 4.69) is 37.9 Å². The third-order valence-corrected chi connectivity index (χ3v) is 4.07. The van der Waals surface area contributed by atoms with Gasteiger partial charge in [0.1, 0.15) is 0 Å². The fraction of sp³-hybridized carbons (Fsp3) is 0.476. The minimum atomic E-state index is 0.716. The first-order chi connectivity index (χ1) is 11.6. The normalized spacial score (nSPS) is 13.0. The molecule has 1 aromatic carbocycles. The second kappa shape index (κ2) is 12.2. The van der Waals surface area contributed by atoms with Gasteiger partial charge in [-0.2, -0.15) is 5.26 Å². The summed E-state index contributed by atoms with van der Waals surface area (Å²) >= 11 is 0. The average Bonchev–Trinajstić information content (AvgIpc) is 3.29. The molecular weight excluding hydrogens is 294 g/mol. The molecule has 0 N–H and O–H groups in total. The summed E-state index contributed by atoms with van der Waals surface area (Å²) in [6, 6.07) is 10.7. The Bertz CT molecular complexity index is 638. The number of fused-ring (bicyclic) bond motifs is 1. The van der Waals surface area contributed by atoms with Crippen LogP contribution in [-0.2, 0) is 7.05 Å². The van der Waals surface area contributed by atoms with Crippen molar-refractivity contribution in [1.29, 1.82) is 5.26 Å². The van der Waals surface area contributed by atoms with E-state index in [-0.39, 0.29) is 0 Å². The van der Waals surface area contributed by atoms with Crippen LogP contribution in [0.25, 0.3) is 10.9 Å². The first kappa shape index (κ1) is 21.8. The van der Waals surface area contributed by atoms with E-state index in [4.69, 9.17) is 5.26 Å². The maximum absolute atomic E-state index is 8.65. The van der Waals surface area contributed by atoms with Gasteiger partial charge in [0.25, 0.3) is 0 Å². The van der Waals surface area contributed by atoms with E-state index in [0.717, 1.165) is 16.9 Å². The van der Waals surface area contributed by atoms with Gasteiger partial charge in [-0.1, -0.05) is 26.7 Å². The van der Waals surface area contributed by atoms with E-state index in [9.17, 15) is 0 Å². The zero-order valence-electron chi connectivity index (χ0n) is 15.8. The zero-order valence-corrected chi connectivity index (χ0v) is 15.8. The number of nitrogens with zero attached hydrogens (tertiary/aromatic N) is 3. The molecular formula is C21H31N3. The van der Waals surface area contributed by atoms with Crippen LogP contribution in [0.1, 0.15) is 45.1 Å². The fourth-order valence-electron chi connectivity index (χ4n) is 2.77. The second-order valence-electron chi connectivity index (χ2n) is 5.71. The van der Waals surface area contributed by atoms with Crippen molar-refractivity contribution in [3.63, 3.8) is 0 Å². The van der Waals surface area contributed by atoms with Gasteiger partial charge in [0, 0.05) is 30.2 Å². The second-order valence-corrected chi connectivity index (χ2v) is 5.71. The molecule has 3 nitrogen and oxygen atoms in total. The van der Waals surface area contributed by atoms with Crippen molar-refractivity contribution < 1.29 is 0 Å². The molecule has 130 valence electrons. The van der Waals surface area contributed by atoms with Gasteiger partial charge in [-0.3, -0.25) is 0 Å². The highest BCUT2D eigenvalue weighted by atomic mass is 15.1. The molecule has 0 bridgehead atoms. The van der Waals surface area contributed by atoms with Crippen molar-refractivity contribution in [3.8, 4) is 18.9 Å². The smallest absolute Gasteiger partial charge is 0.0991 e. The molecule has 0 saturated heterocycles. The van der Waals surface area contributed by atoms with E-state index in [0.29, 0.717) is 5.56 Å². The molecule has 0 spiro atoms. The molecule has 1 fully saturated rings. The first-order valence-electron chi connectivity index (χ1n) is 8.57. The van der Waals surface area contributed by atoms with E-state index >= 15 is 0 Å². The molecule has 3 heteroatoms. The van der Waals surface area contributed by atoms with Crippen molar-refractivity contribution in [3.05, 3.63) is 36.0 Å². The molecule has 1 aliphatic carbocycles. The monoisotopic (exact) mass is 325 g/mol. The summed E-state index contributed by atoms with van der Waals surface area (Å²) in [6.07, 6.45) is 15.7. The van der Waals surface area contributed by atoms with Crippen molar-refractivity contribution in [2.75, 3.05) is 14.1 Å². The quantitative estimate of drug-likeness (QED) is 0.704. The van der Waals surface area contributed by atoms with Crippen LogP contribution in [0.15, 0.2) is 30.5 Å². The Hall–Kier alpha value is -2.23. The maximum Gasteiger partial charge on any atom is 0.0991 e. The standard InChI is InChI=1S/C10H8N2.C7H15N.C2H6.C2H2/c1-12-5-4-9-6-8(7-11)2-3-10(9)12;1-8(2)7-5-3-4-6-7;2*1-2/h2-6H,1H3;7H,3-6H2,1-2H3;1-2H3;1-2H. The Balaban J connectivity index is 0.000000385. The molecule has 0 unspecified atom stereocenters. The van der Waals surface area contributed by atoms with Crippen molar-refractivity contribution in [2.24, 2.45) is 7.05 Å². The molecule has 0 amide bonds. The number of terminal acetylenes is 1. The van der Waals surface area contributed by atoms with Crippen LogP contribution in [-0.4, -0.2) is 29.6 Å². The summed E-state index contributed by atoms with van der Waals surface area (Å²) in [6.45, 7) is 4.00. The number of aromatic nitrogens is 1. The lowest BCUT2D eigenvalue weighted by molar-refractivity contribution is 0.299. The van der Waals surface area contributed by atoms with Crippen LogP contribution in [0.4, 0.5) is 0 Å². The Morgan fingerprint density at radius 2 is 1.71 bits per heavy atom. The number of rotatable bonds is 1. The van der Waals surface area contributed by atoms with Crippen LogP contribution in [0, 0.1) is 24.2 Å². The minimum absolute atomic E-state index is 0.716. The Morgan fingerprint density at radius 1 is 1.12 bits per heavy atom. The largest absolute Gasteiger partial charge is 0.351 e. The van der Waals surface area contributed by atoms with Gasteiger partial charge in [0.2, 0.25) is 0 Å². The third kappa shape index (κ3) is 6.49. The van der Waals surface area contributed by atoms with Gasteiger partial charge < -0.3 is 9.47 Å². The molecule has 1 heterocycles. The highest BCUT2D eigenvalue weighted by molar-refractivity contribution is 5.81. The van der Waals surface area contributed by atoms with Crippen LogP contribution in [0.2, 0.25) is 0 Å². The lowest BCUT2D eigenvalue weighted by Gasteiger charge is -2.17. The number of hydrogen-bond donors (Lipinski definition) is 0. The Morgan fingerprint density at radius 3 is 2.17 bits per heavy atom. The number of aryl methyl sites for hydroxylation is 1. The number of hydrogen-bond acceptors (Lipinski definition) is 2. The Kier molecular flexibility index (Phi) is 11.1. The number of benzene rings is 1. The molecule has 3 rings (SSSR count). The predicted molar refractivity (Wildman–Crippen MR) is 105 cm³/mol. The van der Waals surface area contributed by atoms with E-state index in [1.807, 2.05) is 55.9 Å². The average molecular weight is 326 g/mol. The summed E-state index contributed by atoms with van der Waals surface area (Å²) in [4.78, 5) is 2.34. The van der Waals surface area contributed by atoms with Gasteiger partial charge in [0.15, 0.2) is 0 Å². The SMILES string of the molecule is C#C.CC.CN(C)C1CCCC1.Cn1ccc2cc(C#N)ccc21. The summed E-state index contributed by atoms with van der Waals surface area (Å²) in [5.74, 6) is 0. The highest BCUT2D eigenvalue weighted by Gasteiger charge is 2.15. The molecule has 24 heavy (non-hydrogen) atoms. The topological polar surface area (TPSA) is 32.0 Å². The molecule has 1 aromatic heterocycles. The van der Waals surface area contributed by atoms with Gasteiger partial charge in [-0.05, 0) is 51.2 Å². The lowest BCUT2D eigenvalue weighted by atomic mass is 10.2.